The van der Waals surface area contributed by atoms with Crippen LogP contribution in [-0.2, 0) is 20.0 Å². The number of aromatic nitrogens is 1. The van der Waals surface area contributed by atoms with Crippen molar-refractivity contribution in [2.45, 2.75) is 4.21 Å². The number of carbonyl (C=O) groups is 1. The van der Waals surface area contributed by atoms with Gasteiger partial charge in [-0.15, -0.1) is 0 Å². The molecular formula is C12H12N2O6S3. The molecule has 1 heterocycles. The van der Waals surface area contributed by atoms with Crippen LogP contribution < -0.4 is 9.50 Å². The van der Waals surface area contributed by atoms with E-state index in [0.717, 1.165) is 30.0 Å². The van der Waals surface area contributed by atoms with Gasteiger partial charge < -0.3 is 4.18 Å². The monoisotopic (exact) mass is 376 g/mol. The number of amides is 1. The summed E-state index contributed by atoms with van der Waals surface area (Å²) in [5.41, 5.74) is 0.141. The summed E-state index contributed by atoms with van der Waals surface area (Å²) in [5.74, 6) is -0.575. The Balaban J connectivity index is 2.18. The normalized spacial score (nSPS) is 11.9. The van der Waals surface area contributed by atoms with Crippen LogP contribution in [0, 0.1) is 0 Å². The van der Waals surface area contributed by atoms with Crippen molar-refractivity contribution in [3.8, 4) is 5.75 Å². The van der Waals surface area contributed by atoms with Crippen molar-refractivity contribution in [3.05, 3.63) is 36.0 Å². The molecule has 0 saturated heterocycles. The second-order valence-corrected chi connectivity index (χ2v) is 9.37. The molecule has 0 saturated carbocycles. The average molecular weight is 376 g/mol. The first-order valence-electron chi connectivity index (χ1n) is 6.01. The molecule has 0 aliphatic rings. The van der Waals surface area contributed by atoms with E-state index in [1.54, 1.807) is 0 Å². The van der Waals surface area contributed by atoms with E-state index in [1.165, 1.54) is 24.3 Å². The molecule has 0 aliphatic carbocycles. The molecule has 0 bridgehead atoms. The van der Waals surface area contributed by atoms with Crippen LogP contribution >= 0.6 is 11.3 Å². The molecule has 2 rings (SSSR count). The van der Waals surface area contributed by atoms with Gasteiger partial charge in [0.2, 0.25) is 0 Å². The minimum Gasteiger partial charge on any atom is -0.383 e. The molecule has 11 heteroatoms. The first-order chi connectivity index (χ1) is 10.5. The van der Waals surface area contributed by atoms with Crippen LogP contribution in [0.15, 0.2) is 34.7 Å². The van der Waals surface area contributed by atoms with Gasteiger partial charge in [0.25, 0.3) is 5.91 Å². The van der Waals surface area contributed by atoms with Gasteiger partial charge in [-0.1, -0.05) is 17.4 Å². The number of anilines is 1. The molecule has 8 nitrogen and oxygen atoms in total. The zero-order valence-corrected chi connectivity index (χ0v) is 14.5. The zero-order valence-electron chi connectivity index (χ0n) is 12.0. The smallest absolute Gasteiger partial charge is 0.306 e. The van der Waals surface area contributed by atoms with Crippen LogP contribution in [-0.4, -0.2) is 40.2 Å². The lowest BCUT2D eigenvalue weighted by Crippen LogP contribution is -2.12. The van der Waals surface area contributed by atoms with Crippen molar-refractivity contribution in [1.82, 2.24) is 4.98 Å². The summed E-state index contributed by atoms with van der Waals surface area (Å²) in [7, 11) is -7.09. The number of sulfone groups is 1. The third-order valence-electron chi connectivity index (χ3n) is 2.41. The highest BCUT2D eigenvalue weighted by atomic mass is 32.2. The molecule has 1 amide bonds. The van der Waals surface area contributed by atoms with Crippen molar-refractivity contribution in [2.24, 2.45) is 0 Å². The number of benzene rings is 1. The van der Waals surface area contributed by atoms with Crippen LogP contribution in [0.2, 0.25) is 0 Å². The quantitative estimate of drug-likeness (QED) is 0.777. The summed E-state index contributed by atoms with van der Waals surface area (Å²) in [5, 5.41) is 2.56. The second-order valence-electron chi connectivity index (χ2n) is 4.53. The number of thiazole rings is 1. The molecule has 1 aromatic heterocycles. The molecule has 0 fully saturated rings. The van der Waals surface area contributed by atoms with E-state index in [-0.39, 0.29) is 20.7 Å². The van der Waals surface area contributed by atoms with Crippen LogP contribution in [0.5, 0.6) is 5.75 Å². The van der Waals surface area contributed by atoms with E-state index in [1.807, 2.05) is 0 Å². The predicted molar refractivity (Wildman–Crippen MR) is 85.1 cm³/mol. The fourth-order valence-corrected chi connectivity index (χ4v) is 3.61. The molecule has 2 aromatic rings. The van der Waals surface area contributed by atoms with Crippen molar-refractivity contribution < 1.29 is 25.8 Å². The molecule has 23 heavy (non-hydrogen) atoms. The van der Waals surface area contributed by atoms with Gasteiger partial charge in [-0.05, 0) is 18.2 Å². The van der Waals surface area contributed by atoms with E-state index in [9.17, 15) is 21.6 Å². The Kier molecular flexibility index (Phi) is 4.73. The van der Waals surface area contributed by atoms with Gasteiger partial charge in [0.1, 0.15) is 9.96 Å². The Morgan fingerprint density at radius 1 is 1.22 bits per heavy atom. The van der Waals surface area contributed by atoms with Crippen molar-refractivity contribution in [3.63, 3.8) is 0 Å². The van der Waals surface area contributed by atoms with Crippen molar-refractivity contribution in [1.29, 1.82) is 0 Å². The fraction of sp³-hybridized carbons (Fsp3) is 0.167. The largest absolute Gasteiger partial charge is 0.383 e. The van der Waals surface area contributed by atoms with Crippen LogP contribution in [0.4, 0.5) is 5.13 Å². The number of rotatable bonds is 5. The van der Waals surface area contributed by atoms with Gasteiger partial charge in [-0.2, -0.15) is 8.42 Å². The molecule has 0 radical (unpaired) electrons. The van der Waals surface area contributed by atoms with Crippen LogP contribution in [0.3, 0.4) is 0 Å². The number of nitrogens with zero attached hydrogens (tertiary/aromatic N) is 1. The summed E-state index contributed by atoms with van der Waals surface area (Å²) >= 11 is 0.819. The number of carbonyl (C=O) groups excluding carboxylic acids is 1. The minimum absolute atomic E-state index is 0.00360. The Morgan fingerprint density at radius 2 is 1.91 bits per heavy atom. The third kappa shape index (κ3) is 5.01. The molecule has 0 atom stereocenters. The third-order valence-corrected chi connectivity index (χ3v) is 5.61. The van der Waals surface area contributed by atoms with Gasteiger partial charge in [0, 0.05) is 11.8 Å². The molecule has 1 N–H and O–H groups in total. The maximum atomic E-state index is 12.1. The van der Waals surface area contributed by atoms with E-state index in [4.69, 9.17) is 4.18 Å². The van der Waals surface area contributed by atoms with Crippen molar-refractivity contribution in [2.75, 3.05) is 17.8 Å². The number of hydrogen-bond donors (Lipinski definition) is 1. The van der Waals surface area contributed by atoms with Gasteiger partial charge in [0.15, 0.2) is 15.0 Å². The number of nitrogens with one attached hydrogen (secondary N) is 1. The van der Waals surface area contributed by atoms with Crippen LogP contribution in [0.25, 0.3) is 0 Å². The van der Waals surface area contributed by atoms with Gasteiger partial charge in [0.05, 0.1) is 12.5 Å². The molecule has 0 aliphatic heterocycles. The Hall–Kier alpha value is -1.98. The average Bonchev–Trinajstić information content (AvgIpc) is 2.85. The Morgan fingerprint density at radius 3 is 2.48 bits per heavy atom. The lowest BCUT2D eigenvalue weighted by Gasteiger charge is -2.05. The maximum absolute atomic E-state index is 12.1. The molecule has 0 spiro atoms. The topological polar surface area (TPSA) is 120 Å². The summed E-state index contributed by atoms with van der Waals surface area (Å²) in [6, 6.07) is 5.55. The van der Waals surface area contributed by atoms with E-state index < -0.39 is 25.9 Å². The summed E-state index contributed by atoms with van der Waals surface area (Å²) in [6.45, 7) is 0. The minimum atomic E-state index is -3.70. The molecule has 124 valence electrons. The van der Waals surface area contributed by atoms with Crippen LogP contribution in [0.1, 0.15) is 10.4 Å². The number of hydrogen-bond acceptors (Lipinski definition) is 8. The standard InChI is InChI=1S/C12H12N2O6S3/c1-22(16,17)10-7-13-12(21-10)14-11(15)8-4-3-5-9(6-8)20-23(2,18)19/h3-7H,1-2H3,(H,13,14,15). The van der Waals surface area contributed by atoms with Gasteiger partial charge in [-0.3, -0.25) is 10.1 Å². The summed E-state index contributed by atoms with van der Waals surface area (Å²) in [4.78, 5) is 15.9. The molecular weight excluding hydrogens is 364 g/mol. The summed E-state index contributed by atoms with van der Waals surface area (Å²) < 4.78 is 49.6. The highest BCUT2D eigenvalue weighted by Crippen LogP contribution is 2.23. The van der Waals surface area contributed by atoms with E-state index >= 15 is 0 Å². The lowest BCUT2D eigenvalue weighted by atomic mass is 10.2. The highest BCUT2D eigenvalue weighted by Gasteiger charge is 2.15. The van der Waals surface area contributed by atoms with Gasteiger partial charge in [-0.25, -0.2) is 13.4 Å². The molecule has 0 unspecified atom stereocenters. The SMILES string of the molecule is CS(=O)(=O)Oc1cccc(C(=O)Nc2ncc(S(C)(=O)=O)s2)c1. The first kappa shape index (κ1) is 17.4. The lowest BCUT2D eigenvalue weighted by molar-refractivity contribution is 0.102. The molecule has 1 aromatic carbocycles. The summed E-state index contributed by atoms with van der Waals surface area (Å²) in [6.07, 6.45) is 3.08. The van der Waals surface area contributed by atoms with Crippen molar-refractivity contribution >= 4 is 42.3 Å². The van der Waals surface area contributed by atoms with E-state index in [2.05, 4.69) is 10.3 Å². The second kappa shape index (κ2) is 6.26. The zero-order chi connectivity index (χ0) is 17.3. The highest BCUT2D eigenvalue weighted by molar-refractivity contribution is 7.92. The Bertz CT molecular complexity index is 947. The fourth-order valence-electron chi connectivity index (χ4n) is 1.52. The van der Waals surface area contributed by atoms with Gasteiger partial charge >= 0.3 is 10.1 Å². The Labute approximate surface area is 137 Å². The van der Waals surface area contributed by atoms with E-state index in [0.29, 0.717) is 0 Å². The maximum Gasteiger partial charge on any atom is 0.306 e. The predicted octanol–water partition coefficient (Wildman–Crippen LogP) is 1.14. The first-order valence-corrected chi connectivity index (χ1v) is 10.5.